The molecule has 0 unspecified atom stereocenters. The van der Waals surface area contributed by atoms with Crippen molar-refractivity contribution in [3.05, 3.63) is 81.1 Å². The molecule has 0 aliphatic heterocycles. The first kappa shape index (κ1) is 20.1. The van der Waals surface area contributed by atoms with E-state index in [0.717, 1.165) is 11.6 Å². The fourth-order valence-electron chi connectivity index (χ4n) is 2.49. The van der Waals surface area contributed by atoms with Gasteiger partial charge in [-0.1, -0.05) is 35.0 Å². The number of benzene rings is 2. The second kappa shape index (κ2) is 9.03. The van der Waals surface area contributed by atoms with Crippen molar-refractivity contribution < 1.29 is 23.7 Å². The van der Waals surface area contributed by atoms with Gasteiger partial charge in [0.2, 0.25) is 0 Å². The largest absolute Gasteiger partial charge is 0.496 e. The van der Waals surface area contributed by atoms with Crippen LogP contribution in [0.1, 0.15) is 11.3 Å². The van der Waals surface area contributed by atoms with Gasteiger partial charge in [-0.2, -0.15) is 0 Å². The van der Waals surface area contributed by atoms with Gasteiger partial charge in [0.15, 0.2) is 12.4 Å². The van der Waals surface area contributed by atoms with Crippen molar-refractivity contribution in [3.63, 3.8) is 0 Å². The van der Waals surface area contributed by atoms with Crippen LogP contribution in [0.5, 0.6) is 5.75 Å². The molecular formula is C20H15ClN2O6. The lowest BCUT2D eigenvalue weighted by molar-refractivity contribution is -0.384. The number of esters is 1. The monoisotopic (exact) mass is 414 g/mol. The number of carbonyl (C=O) groups excluding carboxylic acids is 1. The summed E-state index contributed by atoms with van der Waals surface area (Å²) in [5, 5.41) is 14.9. The van der Waals surface area contributed by atoms with E-state index in [1.54, 1.807) is 25.3 Å². The summed E-state index contributed by atoms with van der Waals surface area (Å²) in [6.45, 7) is -0.119. The first-order chi connectivity index (χ1) is 14.0. The lowest BCUT2D eigenvalue weighted by Crippen LogP contribution is -2.00. The highest BCUT2D eigenvalue weighted by molar-refractivity contribution is 6.32. The molecule has 0 amide bonds. The molecule has 0 fully saturated rings. The molecule has 0 radical (unpaired) electrons. The molecule has 8 nitrogen and oxygen atoms in total. The Morgan fingerprint density at radius 2 is 2.07 bits per heavy atom. The number of ether oxygens (including phenoxy) is 2. The predicted octanol–water partition coefficient (Wildman–Crippen LogP) is 4.67. The maximum Gasteiger partial charge on any atom is 0.331 e. The number of methoxy groups -OCH3 is 1. The van der Waals surface area contributed by atoms with E-state index in [0.29, 0.717) is 22.8 Å². The van der Waals surface area contributed by atoms with Crippen LogP contribution in [0.15, 0.2) is 59.1 Å². The van der Waals surface area contributed by atoms with Crippen LogP contribution in [0, 0.1) is 10.1 Å². The zero-order valence-electron chi connectivity index (χ0n) is 15.2. The molecule has 0 aliphatic carbocycles. The molecule has 0 bridgehead atoms. The molecule has 148 valence electrons. The van der Waals surface area contributed by atoms with E-state index in [1.807, 2.05) is 18.2 Å². The van der Waals surface area contributed by atoms with Crippen molar-refractivity contribution in [1.29, 1.82) is 0 Å². The number of aromatic nitrogens is 1. The Kier molecular flexibility index (Phi) is 6.25. The van der Waals surface area contributed by atoms with Crippen LogP contribution in [-0.4, -0.2) is 23.2 Å². The SMILES string of the molecule is COc1ccccc1-c1cc(COC(=O)/C=C\c2ccc(Cl)c([N+](=O)[O-])c2)on1. The average molecular weight is 415 g/mol. The summed E-state index contributed by atoms with van der Waals surface area (Å²) in [6.07, 6.45) is 2.55. The third kappa shape index (κ3) is 4.99. The minimum absolute atomic E-state index is 0.0193. The zero-order valence-corrected chi connectivity index (χ0v) is 16.0. The fourth-order valence-corrected chi connectivity index (χ4v) is 2.68. The number of nitrogens with zero attached hydrogens (tertiary/aromatic N) is 2. The van der Waals surface area contributed by atoms with Crippen molar-refractivity contribution in [2.24, 2.45) is 0 Å². The van der Waals surface area contributed by atoms with Crippen molar-refractivity contribution in [1.82, 2.24) is 5.16 Å². The van der Waals surface area contributed by atoms with Crippen LogP contribution in [0.4, 0.5) is 5.69 Å². The maximum atomic E-state index is 11.9. The van der Waals surface area contributed by atoms with Gasteiger partial charge >= 0.3 is 5.97 Å². The molecular weight excluding hydrogens is 400 g/mol. The van der Waals surface area contributed by atoms with Gasteiger partial charge in [0, 0.05) is 23.8 Å². The van der Waals surface area contributed by atoms with E-state index in [-0.39, 0.29) is 17.3 Å². The third-order valence-corrected chi connectivity index (χ3v) is 4.20. The summed E-state index contributed by atoms with van der Waals surface area (Å²) in [5.74, 6) is 0.358. The number of rotatable bonds is 7. The predicted molar refractivity (Wildman–Crippen MR) is 105 cm³/mol. The van der Waals surface area contributed by atoms with Gasteiger partial charge in [0.1, 0.15) is 16.5 Å². The van der Waals surface area contributed by atoms with Gasteiger partial charge in [-0.05, 0) is 29.8 Å². The van der Waals surface area contributed by atoms with E-state index in [9.17, 15) is 14.9 Å². The van der Waals surface area contributed by atoms with Gasteiger partial charge in [0.25, 0.3) is 5.69 Å². The highest BCUT2D eigenvalue weighted by Gasteiger charge is 2.13. The second-order valence-corrected chi connectivity index (χ2v) is 6.19. The Hall–Kier alpha value is -3.65. The van der Waals surface area contributed by atoms with Gasteiger partial charge < -0.3 is 14.0 Å². The molecule has 0 N–H and O–H groups in total. The molecule has 0 saturated carbocycles. The van der Waals surface area contributed by atoms with Crippen LogP contribution >= 0.6 is 11.6 Å². The van der Waals surface area contributed by atoms with Gasteiger partial charge in [-0.15, -0.1) is 0 Å². The molecule has 29 heavy (non-hydrogen) atoms. The summed E-state index contributed by atoms with van der Waals surface area (Å²) >= 11 is 5.76. The third-order valence-electron chi connectivity index (χ3n) is 3.88. The van der Waals surface area contributed by atoms with Gasteiger partial charge in [0.05, 0.1) is 12.0 Å². The first-order valence-corrected chi connectivity index (χ1v) is 8.73. The van der Waals surface area contributed by atoms with Crippen molar-refractivity contribution in [2.75, 3.05) is 7.11 Å². The summed E-state index contributed by atoms with van der Waals surface area (Å²) in [7, 11) is 1.56. The number of nitro groups is 1. The minimum atomic E-state index is -0.641. The van der Waals surface area contributed by atoms with Crippen LogP contribution in [-0.2, 0) is 16.1 Å². The number of nitro benzene ring substituents is 1. The van der Waals surface area contributed by atoms with Gasteiger partial charge in [-0.25, -0.2) is 4.79 Å². The number of carbonyl (C=O) groups is 1. The Balaban J connectivity index is 1.62. The molecule has 9 heteroatoms. The molecule has 1 aromatic heterocycles. The molecule has 0 aliphatic rings. The summed E-state index contributed by atoms with van der Waals surface area (Å²) in [6, 6.07) is 13.2. The number of hydrogen-bond donors (Lipinski definition) is 0. The molecule has 3 rings (SSSR count). The second-order valence-electron chi connectivity index (χ2n) is 5.79. The molecule has 0 atom stereocenters. The summed E-state index contributed by atoms with van der Waals surface area (Å²) < 4.78 is 15.6. The molecule has 0 saturated heterocycles. The van der Waals surface area contributed by atoms with Crippen LogP contribution in [0.25, 0.3) is 17.3 Å². The highest BCUT2D eigenvalue weighted by Crippen LogP contribution is 2.29. The standard InChI is InChI=1S/C20H15ClN2O6/c1-27-19-5-3-2-4-15(19)17-11-14(29-22-17)12-28-20(24)9-7-13-6-8-16(21)18(10-13)23(25)26/h2-11H,12H2,1H3/b9-7-. The molecule has 1 heterocycles. The average Bonchev–Trinajstić information content (AvgIpc) is 3.20. The van der Waals surface area contributed by atoms with Crippen molar-refractivity contribution >= 4 is 29.3 Å². The van der Waals surface area contributed by atoms with E-state index in [2.05, 4.69) is 5.16 Å². The van der Waals surface area contributed by atoms with Crippen LogP contribution in [0.3, 0.4) is 0 Å². The van der Waals surface area contributed by atoms with Crippen molar-refractivity contribution in [2.45, 2.75) is 6.61 Å². The molecule has 0 spiro atoms. The smallest absolute Gasteiger partial charge is 0.331 e. The lowest BCUT2D eigenvalue weighted by atomic mass is 10.1. The summed E-state index contributed by atoms with van der Waals surface area (Å²) in [5.41, 5.74) is 1.50. The van der Waals surface area contributed by atoms with Gasteiger partial charge in [-0.3, -0.25) is 10.1 Å². The topological polar surface area (TPSA) is 105 Å². The van der Waals surface area contributed by atoms with Crippen LogP contribution in [0.2, 0.25) is 5.02 Å². The Morgan fingerprint density at radius 1 is 1.28 bits per heavy atom. The zero-order chi connectivity index (χ0) is 20.8. The molecule has 2 aromatic carbocycles. The Bertz CT molecular complexity index is 1080. The molecule has 3 aromatic rings. The maximum absolute atomic E-state index is 11.9. The normalized spacial score (nSPS) is 10.8. The Labute approximate surface area is 170 Å². The first-order valence-electron chi connectivity index (χ1n) is 8.35. The minimum Gasteiger partial charge on any atom is -0.496 e. The van der Waals surface area contributed by atoms with Crippen LogP contribution < -0.4 is 4.74 Å². The number of halogens is 1. The fraction of sp³-hybridized carbons (Fsp3) is 0.100. The Morgan fingerprint density at radius 3 is 2.83 bits per heavy atom. The van der Waals surface area contributed by atoms with Crippen molar-refractivity contribution in [3.8, 4) is 17.0 Å². The number of hydrogen-bond acceptors (Lipinski definition) is 7. The van der Waals surface area contributed by atoms with E-state index in [1.165, 1.54) is 18.2 Å². The van der Waals surface area contributed by atoms with E-state index >= 15 is 0 Å². The highest BCUT2D eigenvalue weighted by atomic mass is 35.5. The summed E-state index contributed by atoms with van der Waals surface area (Å²) in [4.78, 5) is 22.2. The van der Waals surface area contributed by atoms with E-state index < -0.39 is 10.9 Å². The number of para-hydroxylation sites is 1. The quantitative estimate of drug-likeness (QED) is 0.239. The van der Waals surface area contributed by atoms with E-state index in [4.69, 9.17) is 25.6 Å². The lowest BCUT2D eigenvalue weighted by Gasteiger charge is -2.03.